The van der Waals surface area contributed by atoms with Crippen molar-refractivity contribution < 1.29 is 42.6 Å². The summed E-state index contributed by atoms with van der Waals surface area (Å²) in [5, 5.41) is 32.7. The van der Waals surface area contributed by atoms with Crippen LogP contribution in [-0.2, 0) is 23.8 Å². The van der Waals surface area contributed by atoms with Crippen molar-refractivity contribution in [2.24, 2.45) is 0 Å². The molecular weight excluding hydrogens is 573 g/mol. The van der Waals surface area contributed by atoms with Gasteiger partial charge in [-0.15, -0.1) is 0 Å². The lowest BCUT2D eigenvalue weighted by atomic mass is 10.0. The molecule has 14 heteroatoms. The Hall–Kier alpha value is -4.59. The standard InChI is InChI=1S/C29H31F3N4O7/c1-17(2)35-19(9-11-43-22-5-3-4-20(14-22)36(41)42)6-7-25(35)28(40)33-24-12-18(13-27(38)39)26(15-23(24)29(30,31)32)34-10-8-21(37)16-34/h3-7,12,14-15,17,21,37H,8-11,13,16H2,1-2H3,(H,33,40)(H,38,39)/t21-/m1/s1. The Morgan fingerprint density at radius 1 is 1.19 bits per heavy atom. The van der Waals surface area contributed by atoms with Gasteiger partial charge in [0.25, 0.3) is 11.6 Å². The molecule has 4 rings (SSSR count). The molecule has 0 aliphatic carbocycles. The highest BCUT2D eigenvalue weighted by Gasteiger charge is 2.37. The first-order chi connectivity index (χ1) is 20.2. The van der Waals surface area contributed by atoms with Crippen molar-refractivity contribution in [3.63, 3.8) is 0 Å². The number of rotatable bonds is 11. The molecule has 1 aliphatic heterocycles. The number of carbonyl (C=O) groups excluding carboxylic acids is 1. The van der Waals surface area contributed by atoms with Gasteiger partial charge in [0.2, 0.25) is 0 Å². The number of carbonyl (C=O) groups is 2. The van der Waals surface area contributed by atoms with E-state index >= 15 is 0 Å². The summed E-state index contributed by atoms with van der Waals surface area (Å²) in [6.07, 6.45) is -5.58. The third-order valence-electron chi connectivity index (χ3n) is 7.03. The van der Waals surface area contributed by atoms with Crippen LogP contribution < -0.4 is 15.0 Å². The molecule has 1 atom stereocenters. The average molecular weight is 605 g/mol. The Kier molecular flexibility index (Phi) is 9.28. The SMILES string of the molecule is CC(C)n1c(CCOc2cccc([N+](=O)[O-])c2)ccc1C(=O)Nc1cc(CC(=O)O)c(N2CC[C@@H](O)C2)cc1C(F)(F)F. The van der Waals surface area contributed by atoms with Gasteiger partial charge in [-0.3, -0.25) is 19.7 Å². The van der Waals surface area contributed by atoms with Crippen molar-refractivity contribution in [1.82, 2.24) is 4.57 Å². The number of benzene rings is 2. The molecule has 230 valence electrons. The summed E-state index contributed by atoms with van der Waals surface area (Å²) < 4.78 is 49.9. The second-order valence-corrected chi connectivity index (χ2v) is 10.5. The number of halogens is 3. The Morgan fingerprint density at radius 2 is 1.93 bits per heavy atom. The lowest BCUT2D eigenvalue weighted by molar-refractivity contribution is -0.384. The number of aliphatic hydroxyl groups is 1. The number of aliphatic hydroxyl groups excluding tert-OH is 1. The summed E-state index contributed by atoms with van der Waals surface area (Å²) in [6, 6.07) is 10.4. The predicted octanol–water partition coefficient (Wildman–Crippen LogP) is 5.07. The quantitative estimate of drug-likeness (QED) is 0.203. The zero-order valence-corrected chi connectivity index (χ0v) is 23.4. The molecule has 2 heterocycles. The Morgan fingerprint density at radius 3 is 2.53 bits per heavy atom. The molecule has 1 aromatic heterocycles. The third kappa shape index (κ3) is 7.44. The second kappa shape index (κ2) is 12.7. The fraction of sp³-hybridized carbons (Fsp3) is 0.379. The summed E-state index contributed by atoms with van der Waals surface area (Å²) >= 11 is 0. The van der Waals surface area contributed by atoms with E-state index in [2.05, 4.69) is 5.32 Å². The highest BCUT2D eigenvalue weighted by molar-refractivity contribution is 6.04. The number of β-amino-alcohol motifs (C(OH)–C–C–N with tert-alkyl or cyclic N) is 1. The molecule has 0 spiro atoms. The van der Waals surface area contributed by atoms with E-state index in [9.17, 15) is 43.1 Å². The van der Waals surface area contributed by atoms with Crippen LogP contribution >= 0.6 is 0 Å². The number of carboxylic acid groups (broad SMARTS) is 1. The van der Waals surface area contributed by atoms with E-state index in [-0.39, 0.29) is 48.4 Å². The number of ether oxygens (including phenoxy) is 1. The van der Waals surface area contributed by atoms with Crippen LogP contribution in [0.15, 0.2) is 48.5 Å². The van der Waals surface area contributed by atoms with Crippen molar-refractivity contribution in [1.29, 1.82) is 0 Å². The van der Waals surface area contributed by atoms with Crippen molar-refractivity contribution >= 4 is 28.9 Å². The number of alkyl halides is 3. The molecule has 3 N–H and O–H groups in total. The highest BCUT2D eigenvalue weighted by Crippen LogP contribution is 2.40. The van der Waals surface area contributed by atoms with E-state index in [1.807, 2.05) is 0 Å². The van der Waals surface area contributed by atoms with E-state index in [0.29, 0.717) is 24.3 Å². The van der Waals surface area contributed by atoms with Gasteiger partial charge in [0.15, 0.2) is 0 Å². The molecule has 0 saturated carbocycles. The van der Waals surface area contributed by atoms with Gasteiger partial charge in [-0.25, -0.2) is 0 Å². The van der Waals surface area contributed by atoms with Crippen molar-refractivity contribution in [2.45, 2.75) is 51.4 Å². The topological polar surface area (TPSA) is 147 Å². The van der Waals surface area contributed by atoms with Crippen LogP contribution in [0.3, 0.4) is 0 Å². The fourth-order valence-corrected chi connectivity index (χ4v) is 5.17. The number of amides is 1. The van der Waals surface area contributed by atoms with Gasteiger partial charge in [0.05, 0.1) is 41.4 Å². The maximum Gasteiger partial charge on any atom is 0.418 e. The summed E-state index contributed by atoms with van der Waals surface area (Å²) in [6.45, 7) is 4.03. The Bertz CT molecular complexity index is 1520. The number of hydrogen-bond acceptors (Lipinski definition) is 7. The number of anilines is 2. The largest absolute Gasteiger partial charge is 0.493 e. The number of nitro groups is 1. The smallest absolute Gasteiger partial charge is 0.418 e. The third-order valence-corrected chi connectivity index (χ3v) is 7.03. The average Bonchev–Trinajstić information content (AvgIpc) is 3.54. The monoisotopic (exact) mass is 604 g/mol. The molecule has 2 aromatic carbocycles. The minimum Gasteiger partial charge on any atom is -0.493 e. The van der Waals surface area contributed by atoms with Gasteiger partial charge in [-0.2, -0.15) is 13.2 Å². The van der Waals surface area contributed by atoms with Crippen molar-refractivity contribution in [3.8, 4) is 5.75 Å². The molecule has 1 aliphatic rings. The van der Waals surface area contributed by atoms with E-state index in [0.717, 1.165) is 12.1 Å². The van der Waals surface area contributed by atoms with E-state index in [4.69, 9.17) is 4.74 Å². The highest BCUT2D eigenvalue weighted by atomic mass is 19.4. The minimum absolute atomic E-state index is 0.0425. The fourth-order valence-electron chi connectivity index (χ4n) is 5.17. The van der Waals surface area contributed by atoms with Gasteiger partial charge in [0.1, 0.15) is 11.4 Å². The molecule has 43 heavy (non-hydrogen) atoms. The zero-order chi connectivity index (χ0) is 31.5. The predicted molar refractivity (Wildman–Crippen MR) is 151 cm³/mol. The van der Waals surface area contributed by atoms with Crippen LogP contribution in [0.2, 0.25) is 0 Å². The molecule has 0 bridgehead atoms. The maximum atomic E-state index is 14.2. The van der Waals surface area contributed by atoms with Crippen molar-refractivity contribution in [2.75, 3.05) is 29.9 Å². The lowest BCUT2D eigenvalue weighted by Gasteiger charge is -2.25. The lowest BCUT2D eigenvalue weighted by Crippen LogP contribution is -2.25. The number of aromatic nitrogens is 1. The maximum absolute atomic E-state index is 14.2. The van der Waals surface area contributed by atoms with Gasteiger partial charge in [-0.05, 0) is 56.2 Å². The number of nitrogens with zero attached hydrogens (tertiary/aromatic N) is 3. The van der Waals surface area contributed by atoms with Gasteiger partial charge >= 0.3 is 12.1 Å². The van der Waals surface area contributed by atoms with Crippen molar-refractivity contribution in [3.05, 3.63) is 81.2 Å². The van der Waals surface area contributed by atoms with Crippen LogP contribution in [0.25, 0.3) is 0 Å². The molecule has 1 saturated heterocycles. The zero-order valence-electron chi connectivity index (χ0n) is 23.4. The summed E-state index contributed by atoms with van der Waals surface area (Å²) in [5.41, 5.74) is -0.998. The Balaban J connectivity index is 1.60. The first-order valence-corrected chi connectivity index (χ1v) is 13.5. The van der Waals surface area contributed by atoms with Crippen LogP contribution in [0.5, 0.6) is 5.75 Å². The van der Waals surface area contributed by atoms with Gasteiger partial charge in [0, 0.05) is 43.0 Å². The summed E-state index contributed by atoms with van der Waals surface area (Å²) in [7, 11) is 0. The van der Waals surface area contributed by atoms with Gasteiger partial charge < -0.3 is 29.7 Å². The Labute approximate surface area is 244 Å². The second-order valence-electron chi connectivity index (χ2n) is 10.5. The molecule has 1 fully saturated rings. The first kappa shape index (κ1) is 31.3. The number of aliphatic carboxylic acids is 1. The molecule has 0 radical (unpaired) electrons. The number of carboxylic acids is 1. The number of nitro benzene ring substituents is 1. The number of nitrogens with one attached hydrogen (secondary N) is 1. The van der Waals surface area contributed by atoms with E-state index in [1.54, 1.807) is 30.5 Å². The van der Waals surface area contributed by atoms with Crippen LogP contribution in [0, 0.1) is 10.1 Å². The van der Waals surface area contributed by atoms with Gasteiger partial charge in [-0.1, -0.05) is 6.07 Å². The van der Waals surface area contributed by atoms with E-state index in [1.165, 1.54) is 29.2 Å². The summed E-state index contributed by atoms with van der Waals surface area (Å²) in [5.74, 6) is -1.79. The van der Waals surface area contributed by atoms with Crippen LogP contribution in [0.4, 0.5) is 30.2 Å². The summed E-state index contributed by atoms with van der Waals surface area (Å²) in [4.78, 5) is 36.9. The molecule has 0 unspecified atom stereocenters. The molecule has 3 aromatic rings. The number of hydrogen-bond donors (Lipinski definition) is 3. The normalized spacial score (nSPS) is 15.1. The first-order valence-electron chi connectivity index (χ1n) is 13.5. The number of non-ortho nitro benzene ring substituents is 1. The molecular formula is C29H31F3N4O7. The molecule has 1 amide bonds. The van der Waals surface area contributed by atoms with Crippen LogP contribution in [0.1, 0.15) is 53.6 Å². The van der Waals surface area contributed by atoms with Crippen LogP contribution in [-0.4, -0.2) is 57.4 Å². The van der Waals surface area contributed by atoms with E-state index < -0.39 is 46.8 Å². The molecule has 11 nitrogen and oxygen atoms in total. The minimum atomic E-state index is -4.87.